The lowest BCUT2D eigenvalue weighted by Crippen LogP contribution is -2.41. The Balaban J connectivity index is 1.60. The quantitative estimate of drug-likeness (QED) is 0.334. The summed E-state index contributed by atoms with van der Waals surface area (Å²) in [4.78, 5) is 20.7. The Morgan fingerprint density at radius 2 is 1.95 bits per heavy atom. The van der Waals surface area contributed by atoms with Gasteiger partial charge in [0.1, 0.15) is 23.5 Å². The minimum atomic E-state index is -0.655. The molecule has 0 N–H and O–H groups in total. The van der Waals surface area contributed by atoms with Crippen LogP contribution < -0.4 is 10.5 Å². The van der Waals surface area contributed by atoms with Crippen molar-refractivity contribution < 1.29 is 4.39 Å². The van der Waals surface area contributed by atoms with E-state index in [1.807, 2.05) is 37.5 Å². The number of aryl methyl sites for hydroxylation is 1. The van der Waals surface area contributed by atoms with Crippen LogP contribution >= 0.6 is 0 Å². The number of piperidine rings is 1. The minimum Gasteiger partial charge on any atom is -0.356 e. The average Bonchev–Trinajstić information content (AvgIpc) is 3.31. The first-order valence-electron chi connectivity index (χ1n) is 12.8. The maximum atomic E-state index is 14.7. The molecule has 0 amide bonds. The highest BCUT2D eigenvalue weighted by Gasteiger charge is 2.33. The molecule has 7 nitrogen and oxygen atoms in total. The van der Waals surface area contributed by atoms with E-state index in [1.54, 1.807) is 16.8 Å². The number of benzene rings is 2. The van der Waals surface area contributed by atoms with E-state index in [9.17, 15) is 14.4 Å². The SMILES string of the molecule is C#CCCC1(CC)CCN(c2cc(=O)n(-c3ccc4nn(C)cc4c3)c(-c3ccc(C#N)c(F)c3)n2)CC1. The zero-order valence-corrected chi connectivity index (χ0v) is 21.6. The predicted molar refractivity (Wildman–Crippen MR) is 146 cm³/mol. The summed E-state index contributed by atoms with van der Waals surface area (Å²) < 4.78 is 17.9. The van der Waals surface area contributed by atoms with E-state index in [0.717, 1.165) is 56.1 Å². The molecule has 1 aliphatic heterocycles. The van der Waals surface area contributed by atoms with Crippen LogP contribution in [0.5, 0.6) is 0 Å². The van der Waals surface area contributed by atoms with E-state index in [2.05, 4.69) is 22.8 Å². The number of anilines is 1. The average molecular weight is 509 g/mol. The number of fused-ring (bicyclic) bond motifs is 1. The second-order valence-electron chi connectivity index (χ2n) is 10.0. The fourth-order valence-electron chi connectivity index (χ4n) is 5.42. The van der Waals surface area contributed by atoms with Gasteiger partial charge in [-0.05, 0) is 61.1 Å². The van der Waals surface area contributed by atoms with Gasteiger partial charge in [0.2, 0.25) is 0 Å². The van der Waals surface area contributed by atoms with Crippen molar-refractivity contribution in [3.05, 3.63) is 70.4 Å². The number of hydrogen-bond acceptors (Lipinski definition) is 5. The van der Waals surface area contributed by atoms with Gasteiger partial charge in [0.05, 0.1) is 16.8 Å². The molecular formula is C30H29FN6O. The van der Waals surface area contributed by atoms with Gasteiger partial charge >= 0.3 is 0 Å². The summed E-state index contributed by atoms with van der Waals surface area (Å²) in [5, 5.41) is 14.5. The molecule has 38 heavy (non-hydrogen) atoms. The third-order valence-electron chi connectivity index (χ3n) is 7.81. The predicted octanol–water partition coefficient (Wildman–Crippen LogP) is 5.21. The molecule has 4 aromatic rings. The highest BCUT2D eigenvalue weighted by molar-refractivity contribution is 5.81. The van der Waals surface area contributed by atoms with Crippen LogP contribution in [0.3, 0.4) is 0 Å². The zero-order chi connectivity index (χ0) is 26.9. The van der Waals surface area contributed by atoms with Gasteiger partial charge in [0, 0.05) is 49.8 Å². The van der Waals surface area contributed by atoms with E-state index < -0.39 is 5.82 Å². The van der Waals surface area contributed by atoms with E-state index in [0.29, 0.717) is 22.9 Å². The Kier molecular flexibility index (Phi) is 6.73. The van der Waals surface area contributed by atoms with E-state index in [1.165, 1.54) is 16.7 Å². The fourth-order valence-corrected chi connectivity index (χ4v) is 5.42. The lowest BCUT2D eigenvalue weighted by molar-refractivity contribution is 0.193. The standard InChI is InChI=1S/C30H29FN6O/c1-4-6-11-30(5-2)12-14-36(15-13-30)27-18-28(38)37(24-9-10-26-23(16-24)20-35(3)34-26)29(33-27)21-7-8-22(19-32)25(31)17-21/h1,7-10,16-18,20H,5-6,11-15H2,2-3H3. The minimum absolute atomic E-state index is 0.0607. The monoisotopic (exact) mass is 508 g/mol. The molecule has 8 heteroatoms. The van der Waals surface area contributed by atoms with Gasteiger partial charge in [-0.1, -0.05) is 13.3 Å². The molecule has 0 atom stereocenters. The van der Waals surface area contributed by atoms with Crippen molar-refractivity contribution in [3.63, 3.8) is 0 Å². The first-order valence-corrected chi connectivity index (χ1v) is 12.8. The summed E-state index contributed by atoms with van der Waals surface area (Å²) in [5.41, 5.74) is 1.70. The Morgan fingerprint density at radius 3 is 2.63 bits per heavy atom. The number of aromatic nitrogens is 4. The molecule has 0 aliphatic carbocycles. The van der Waals surface area contributed by atoms with Crippen LogP contribution in [0.25, 0.3) is 28.0 Å². The lowest BCUT2D eigenvalue weighted by atomic mass is 9.73. The molecule has 0 bridgehead atoms. The summed E-state index contributed by atoms with van der Waals surface area (Å²) in [7, 11) is 1.84. The molecule has 2 aromatic carbocycles. The smallest absolute Gasteiger partial charge is 0.260 e. The van der Waals surface area contributed by atoms with Crippen molar-refractivity contribution in [2.24, 2.45) is 12.5 Å². The van der Waals surface area contributed by atoms with Crippen LogP contribution in [-0.2, 0) is 7.05 Å². The zero-order valence-electron chi connectivity index (χ0n) is 21.6. The molecule has 1 aliphatic rings. The number of terminal acetylenes is 1. The van der Waals surface area contributed by atoms with Crippen LogP contribution in [0.15, 0.2) is 53.5 Å². The Labute approximate surface area is 221 Å². The molecule has 3 heterocycles. The van der Waals surface area contributed by atoms with Gasteiger partial charge in [-0.3, -0.25) is 14.0 Å². The molecule has 0 saturated carbocycles. The summed E-state index contributed by atoms with van der Waals surface area (Å²) in [6, 6.07) is 13.2. The van der Waals surface area contributed by atoms with Crippen molar-refractivity contribution in [2.75, 3.05) is 18.0 Å². The van der Waals surface area contributed by atoms with Gasteiger partial charge < -0.3 is 4.90 Å². The second-order valence-corrected chi connectivity index (χ2v) is 10.0. The summed E-state index contributed by atoms with van der Waals surface area (Å²) >= 11 is 0. The topological polar surface area (TPSA) is 79.7 Å². The third kappa shape index (κ3) is 4.66. The molecule has 0 unspecified atom stereocenters. The van der Waals surface area contributed by atoms with Gasteiger partial charge in [-0.25, -0.2) is 9.37 Å². The largest absolute Gasteiger partial charge is 0.356 e. The Morgan fingerprint density at radius 1 is 1.16 bits per heavy atom. The number of halogens is 1. The molecular weight excluding hydrogens is 479 g/mol. The second kappa shape index (κ2) is 10.1. The molecule has 192 valence electrons. The van der Waals surface area contributed by atoms with E-state index in [-0.39, 0.29) is 16.5 Å². The van der Waals surface area contributed by atoms with E-state index >= 15 is 0 Å². The fraction of sp³-hybridized carbons (Fsp3) is 0.333. The maximum Gasteiger partial charge on any atom is 0.260 e. The molecule has 1 saturated heterocycles. The first kappa shape index (κ1) is 25.2. The highest BCUT2D eigenvalue weighted by Crippen LogP contribution is 2.40. The maximum absolute atomic E-state index is 14.7. The third-order valence-corrected chi connectivity index (χ3v) is 7.81. The summed E-state index contributed by atoms with van der Waals surface area (Å²) in [5.74, 6) is 3.00. The highest BCUT2D eigenvalue weighted by atomic mass is 19.1. The van der Waals surface area contributed by atoms with Gasteiger partial charge in [0.15, 0.2) is 0 Å². The number of hydrogen-bond donors (Lipinski definition) is 0. The number of nitriles is 1. The van der Waals surface area contributed by atoms with Crippen LogP contribution in [-0.4, -0.2) is 32.4 Å². The van der Waals surface area contributed by atoms with Crippen molar-refractivity contribution in [3.8, 4) is 35.5 Å². The Bertz CT molecular complexity index is 1650. The van der Waals surface area contributed by atoms with Crippen molar-refractivity contribution in [1.82, 2.24) is 19.3 Å². The normalized spacial score (nSPS) is 14.8. The summed E-state index contributed by atoms with van der Waals surface area (Å²) in [6.45, 7) is 3.73. The number of rotatable bonds is 6. The first-order chi connectivity index (χ1) is 18.4. The molecule has 2 aromatic heterocycles. The van der Waals surface area contributed by atoms with Crippen LogP contribution in [0.1, 0.15) is 44.6 Å². The Hall–Kier alpha value is -4.43. The van der Waals surface area contributed by atoms with E-state index in [4.69, 9.17) is 11.4 Å². The molecule has 0 radical (unpaired) electrons. The van der Waals surface area contributed by atoms with Gasteiger partial charge in [-0.15, -0.1) is 12.3 Å². The van der Waals surface area contributed by atoms with Crippen molar-refractivity contribution in [1.29, 1.82) is 5.26 Å². The molecule has 5 rings (SSSR count). The van der Waals surface area contributed by atoms with Crippen molar-refractivity contribution in [2.45, 2.75) is 39.0 Å². The van der Waals surface area contributed by atoms with Gasteiger partial charge in [0.25, 0.3) is 5.56 Å². The summed E-state index contributed by atoms with van der Waals surface area (Å²) in [6.07, 6.45) is 12.2. The molecule has 0 spiro atoms. The van der Waals surface area contributed by atoms with Crippen molar-refractivity contribution >= 4 is 16.7 Å². The number of nitrogens with zero attached hydrogens (tertiary/aromatic N) is 6. The van der Waals surface area contributed by atoms with Gasteiger partial charge in [-0.2, -0.15) is 10.4 Å². The lowest BCUT2D eigenvalue weighted by Gasteiger charge is -2.42. The molecule has 1 fully saturated rings. The van der Waals surface area contributed by atoms with Crippen LogP contribution in [0.2, 0.25) is 0 Å². The van der Waals surface area contributed by atoms with Crippen LogP contribution in [0.4, 0.5) is 10.2 Å². The van der Waals surface area contributed by atoms with Crippen LogP contribution in [0, 0.1) is 34.9 Å².